The molecule has 17 heavy (non-hydrogen) atoms. The van der Waals surface area contributed by atoms with E-state index in [9.17, 15) is 4.39 Å². The van der Waals surface area contributed by atoms with Crippen LogP contribution in [0.1, 0.15) is 0 Å². The molecule has 6 heteroatoms. The topological polar surface area (TPSA) is 54.8 Å². The molecule has 1 saturated heterocycles. The molecule has 0 aliphatic carbocycles. The van der Waals surface area contributed by atoms with Gasteiger partial charge in [-0.3, -0.25) is 0 Å². The van der Waals surface area contributed by atoms with E-state index in [1.54, 1.807) is 6.07 Å². The van der Waals surface area contributed by atoms with Crippen LogP contribution in [0.5, 0.6) is 0 Å². The van der Waals surface area contributed by atoms with Gasteiger partial charge in [-0.2, -0.15) is 5.10 Å². The third kappa shape index (κ3) is 1.99. The maximum atomic E-state index is 13.8. The molecule has 0 unspecified atom stereocenters. The highest BCUT2D eigenvalue weighted by Crippen LogP contribution is 2.18. The second kappa shape index (κ2) is 4.14. The molecule has 2 aromatic rings. The van der Waals surface area contributed by atoms with Crippen LogP contribution in [0.3, 0.4) is 0 Å². The lowest BCUT2D eigenvalue weighted by molar-refractivity contribution is 0.472. The van der Waals surface area contributed by atoms with E-state index in [0.29, 0.717) is 11.7 Å². The summed E-state index contributed by atoms with van der Waals surface area (Å²) in [5.74, 6) is -0.312. The normalized spacial score (nSPS) is 15.6. The molecule has 2 heterocycles. The third-order valence-electron chi connectivity index (χ3n) is 2.77. The van der Waals surface area contributed by atoms with E-state index in [-0.39, 0.29) is 5.82 Å². The summed E-state index contributed by atoms with van der Waals surface area (Å²) < 4.78 is 15.2. The highest BCUT2D eigenvalue weighted by Gasteiger charge is 2.16. The molecule has 0 amide bonds. The van der Waals surface area contributed by atoms with Gasteiger partial charge in [0, 0.05) is 18.8 Å². The number of rotatable bonds is 3. The number of hydrogen-bond acceptors (Lipinski definition) is 4. The highest BCUT2D eigenvalue weighted by atomic mass is 19.1. The molecule has 5 nitrogen and oxygen atoms in total. The van der Waals surface area contributed by atoms with E-state index in [1.807, 2.05) is 6.07 Å². The quantitative estimate of drug-likeness (QED) is 0.823. The Labute approximate surface area is 97.7 Å². The molecule has 0 spiro atoms. The van der Waals surface area contributed by atoms with Crippen molar-refractivity contribution < 1.29 is 4.39 Å². The van der Waals surface area contributed by atoms with Gasteiger partial charge >= 0.3 is 0 Å². The molecule has 88 valence electrons. The summed E-state index contributed by atoms with van der Waals surface area (Å²) in [7, 11) is 0. The SMILES string of the molecule is Fc1cc(NC2CNC2)ccc1-n1cncn1. The number of halogens is 1. The lowest BCUT2D eigenvalue weighted by Gasteiger charge is -2.29. The van der Waals surface area contributed by atoms with Gasteiger partial charge in [-0.1, -0.05) is 0 Å². The van der Waals surface area contributed by atoms with Gasteiger partial charge in [0.25, 0.3) is 0 Å². The van der Waals surface area contributed by atoms with Crippen LogP contribution < -0.4 is 10.6 Å². The summed E-state index contributed by atoms with van der Waals surface area (Å²) in [5.41, 5.74) is 1.19. The molecule has 1 aliphatic heterocycles. The van der Waals surface area contributed by atoms with Crippen molar-refractivity contribution in [2.45, 2.75) is 6.04 Å². The van der Waals surface area contributed by atoms with Gasteiger partial charge in [-0.05, 0) is 18.2 Å². The zero-order valence-corrected chi connectivity index (χ0v) is 9.10. The van der Waals surface area contributed by atoms with Crippen LogP contribution in [0.2, 0.25) is 0 Å². The number of aromatic nitrogens is 3. The van der Waals surface area contributed by atoms with Gasteiger partial charge in [0.1, 0.15) is 18.3 Å². The molecule has 0 radical (unpaired) electrons. The molecule has 1 aliphatic rings. The van der Waals surface area contributed by atoms with E-state index in [0.717, 1.165) is 18.8 Å². The second-order valence-electron chi connectivity index (χ2n) is 4.01. The first-order chi connectivity index (χ1) is 8.33. The average Bonchev–Trinajstić information content (AvgIpc) is 2.77. The molecular weight excluding hydrogens is 221 g/mol. The fraction of sp³-hybridized carbons (Fsp3) is 0.273. The maximum absolute atomic E-state index is 13.8. The smallest absolute Gasteiger partial charge is 0.150 e. The number of hydrogen-bond donors (Lipinski definition) is 2. The zero-order valence-electron chi connectivity index (χ0n) is 9.10. The molecule has 0 atom stereocenters. The molecule has 0 bridgehead atoms. The van der Waals surface area contributed by atoms with Crippen LogP contribution in [-0.2, 0) is 0 Å². The van der Waals surface area contributed by atoms with Crippen molar-refractivity contribution in [3.05, 3.63) is 36.7 Å². The van der Waals surface area contributed by atoms with Crippen molar-refractivity contribution in [3.63, 3.8) is 0 Å². The van der Waals surface area contributed by atoms with E-state index < -0.39 is 0 Å². The summed E-state index contributed by atoms with van der Waals surface area (Å²) in [6, 6.07) is 5.42. The van der Waals surface area contributed by atoms with Crippen molar-refractivity contribution in [2.24, 2.45) is 0 Å². The van der Waals surface area contributed by atoms with Crippen LogP contribution in [-0.4, -0.2) is 33.9 Å². The van der Waals surface area contributed by atoms with E-state index in [2.05, 4.69) is 20.7 Å². The molecule has 1 fully saturated rings. The fourth-order valence-electron chi connectivity index (χ4n) is 1.74. The Hall–Kier alpha value is -1.95. The third-order valence-corrected chi connectivity index (χ3v) is 2.77. The van der Waals surface area contributed by atoms with Crippen molar-refractivity contribution >= 4 is 5.69 Å². The van der Waals surface area contributed by atoms with Gasteiger partial charge in [-0.15, -0.1) is 0 Å². The van der Waals surface area contributed by atoms with Gasteiger partial charge in [0.15, 0.2) is 5.82 Å². The van der Waals surface area contributed by atoms with Crippen LogP contribution in [0.4, 0.5) is 10.1 Å². The number of anilines is 1. The lowest BCUT2D eigenvalue weighted by Crippen LogP contribution is -2.51. The maximum Gasteiger partial charge on any atom is 0.150 e. The number of nitrogens with one attached hydrogen (secondary N) is 2. The average molecular weight is 233 g/mol. The van der Waals surface area contributed by atoms with Crippen LogP contribution in [0.15, 0.2) is 30.9 Å². The second-order valence-corrected chi connectivity index (χ2v) is 4.01. The van der Waals surface area contributed by atoms with Crippen molar-refractivity contribution in [1.82, 2.24) is 20.1 Å². The van der Waals surface area contributed by atoms with Crippen molar-refractivity contribution in [3.8, 4) is 5.69 Å². The van der Waals surface area contributed by atoms with Gasteiger partial charge in [0.2, 0.25) is 0 Å². The summed E-state index contributed by atoms with van der Waals surface area (Å²) >= 11 is 0. The largest absolute Gasteiger partial charge is 0.380 e. The Bertz CT molecular complexity index is 507. The van der Waals surface area contributed by atoms with E-state index in [1.165, 1.54) is 23.4 Å². The first-order valence-corrected chi connectivity index (χ1v) is 5.45. The minimum Gasteiger partial charge on any atom is -0.380 e. The molecule has 2 N–H and O–H groups in total. The summed E-state index contributed by atoms with van der Waals surface area (Å²) in [4.78, 5) is 3.79. The van der Waals surface area contributed by atoms with Crippen LogP contribution in [0, 0.1) is 5.82 Å². The van der Waals surface area contributed by atoms with Crippen LogP contribution in [0.25, 0.3) is 5.69 Å². The first kappa shape index (κ1) is 10.2. The summed E-state index contributed by atoms with van der Waals surface area (Å²) in [6.45, 7) is 1.85. The van der Waals surface area contributed by atoms with Crippen molar-refractivity contribution in [2.75, 3.05) is 18.4 Å². The monoisotopic (exact) mass is 233 g/mol. The van der Waals surface area contributed by atoms with Crippen LogP contribution >= 0.6 is 0 Å². The predicted molar refractivity (Wildman–Crippen MR) is 61.6 cm³/mol. The number of nitrogens with zero attached hydrogens (tertiary/aromatic N) is 3. The Morgan fingerprint density at radius 2 is 2.29 bits per heavy atom. The lowest BCUT2D eigenvalue weighted by atomic mass is 10.1. The Morgan fingerprint density at radius 3 is 2.88 bits per heavy atom. The molecule has 3 rings (SSSR count). The number of benzene rings is 1. The van der Waals surface area contributed by atoms with Gasteiger partial charge in [-0.25, -0.2) is 14.1 Å². The minimum atomic E-state index is -0.312. The van der Waals surface area contributed by atoms with Gasteiger partial charge < -0.3 is 10.6 Å². The molecule has 0 saturated carbocycles. The first-order valence-electron chi connectivity index (χ1n) is 5.45. The minimum absolute atomic E-state index is 0.312. The summed E-state index contributed by atoms with van der Waals surface area (Å²) in [6.07, 6.45) is 2.85. The van der Waals surface area contributed by atoms with E-state index >= 15 is 0 Å². The Balaban J connectivity index is 1.83. The molecule has 1 aromatic heterocycles. The predicted octanol–water partition coefficient (Wildman–Crippen LogP) is 0.790. The zero-order chi connectivity index (χ0) is 11.7. The molecular formula is C11H12FN5. The fourth-order valence-corrected chi connectivity index (χ4v) is 1.74. The standard InChI is InChI=1S/C11H12FN5/c12-10-3-8(16-9-4-13-5-9)1-2-11(10)17-7-14-6-15-17/h1-3,6-7,9,13,16H,4-5H2. The Morgan fingerprint density at radius 1 is 1.41 bits per heavy atom. The highest BCUT2D eigenvalue weighted by molar-refractivity contribution is 5.50. The van der Waals surface area contributed by atoms with Crippen molar-refractivity contribution in [1.29, 1.82) is 0 Å². The summed E-state index contributed by atoms with van der Waals surface area (Å²) in [5, 5.41) is 10.3. The Kier molecular flexibility index (Phi) is 2.49. The van der Waals surface area contributed by atoms with E-state index in [4.69, 9.17) is 0 Å². The molecule has 1 aromatic carbocycles. The van der Waals surface area contributed by atoms with Gasteiger partial charge in [0.05, 0.1) is 6.04 Å².